The third-order valence-electron chi connectivity index (χ3n) is 3.76. The Balaban J connectivity index is 1.46. The molecule has 1 N–H and O–H groups in total. The summed E-state index contributed by atoms with van der Waals surface area (Å²) in [6, 6.07) is 12.7. The molecule has 3 aromatic rings. The first-order valence-corrected chi connectivity index (χ1v) is 11.0. The number of sulfonamides is 1. The van der Waals surface area contributed by atoms with Gasteiger partial charge in [-0.2, -0.15) is 0 Å². The Hall–Kier alpha value is -2.10. The van der Waals surface area contributed by atoms with Crippen LogP contribution in [-0.2, 0) is 10.0 Å². The zero-order chi connectivity index (χ0) is 18.1. The third-order valence-corrected chi connectivity index (χ3v) is 7.66. The van der Waals surface area contributed by atoms with Crippen molar-refractivity contribution in [2.45, 2.75) is 32.8 Å². The van der Waals surface area contributed by atoms with E-state index in [1.165, 1.54) is 17.8 Å². The number of benzene rings is 1. The van der Waals surface area contributed by atoms with Gasteiger partial charge in [0.15, 0.2) is 5.69 Å². The summed E-state index contributed by atoms with van der Waals surface area (Å²) in [7, 11) is -3.95. The van der Waals surface area contributed by atoms with Crippen molar-refractivity contribution in [2.24, 2.45) is 0 Å². The van der Waals surface area contributed by atoms with Crippen LogP contribution in [-0.4, -0.2) is 19.5 Å². The van der Waals surface area contributed by atoms with E-state index in [0.29, 0.717) is 11.7 Å². The van der Waals surface area contributed by atoms with Gasteiger partial charge in [-0.05, 0) is 31.0 Å². The Labute approximate surface area is 158 Å². The SMILES string of the molecule is O=C(NS(=O)(=O)c1cc(Sc2ccccc2)cs1)c1cc(C2CC2)on1. The number of nitrogens with one attached hydrogen (secondary N) is 1. The van der Waals surface area contributed by atoms with E-state index >= 15 is 0 Å². The highest BCUT2D eigenvalue weighted by Gasteiger charge is 2.30. The second kappa shape index (κ2) is 6.90. The average molecular weight is 407 g/mol. The van der Waals surface area contributed by atoms with Crippen molar-refractivity contribution in [2.75, 3.05) is 0 Å². The minimum atomic E-state index is -3.95. The summed E-state index contributed by atoms with van der Waals surface area (Å²) in [5.74, 6) is 0.145. The number of thiophene rings is 1. The van der Waals surface area contributed by atoms with Crippen LogP contribution in [0.1, 0.15) is 35.0 Å². The van der Waals surface area contributed by atoms with Gasteiger partial charge >= 0.3 is 0 Å². The van der Waals surface area contributed by atoms with E-state index in [4.69, 9.17) is 4.52 Å². The maximum Gasteiger partial charge on any atom is 0.287 e. The summed E-state index contributed by atoms with van der Waals surface area (Å²) in [5.41, 5.74) is -0.0223. The van der Waals surface area contributed by atoms with Gasteiger partial charge < -0.3 is 4.52 Å². The van der Waals surface area contributed by atoms with Crippen molar-refractivity contribution in [3.8, 4) is 0 Å². The van der Waals surface area contributed by atoms with Crippen LogP contribution >= 0.6 is 23.1 Å². The van der Waals surface area contributed by atoms with Gasteiger partial charge in [-0.25, -0.2) is 13.1 Å². The molecule has 0 aliphatic heterocycles. The van der Waals surface area contributed by atoms with Crippen LogP contribution in [0, 0.1) is 0 Å². The molecule has 1 aliphatic rings. The van der Waals surface area contributed by atoms with Crippen LogP contribution in [0.3, 0.4) is 0 Å². The van der Waals surface area contributed by atoms with Crippen LogP contribution in [0.25, 0.3) is 0 Å². The maximum absolute atomic E-state index is 12.4. The molecule has 0 spiro atoms. The van der Waals surface area contributed by atoms with Crippen LogP contribution in [0.4, 0.5) is 0 Å². The Morgan fingerprint density at radius 2 is 1.96 bits per heavy atom. The summed E-state index contributed by atoms with van der Waals surface area (Å²) >= 11 is 2.52. The van der Waals surface area contributed by atoms with Crippen molar-refractivity contribution < 1.29 is 17.7 Å². The van der Waals surface area contributed by atoms with Gasteiger partial charge in [0.25, 0.3) is 15.9 Å². The van der Waals surface area contributed by atoms with Gasteiger partial charge in [0.1, 0.15) is 9.97 Å². The number of nitrogens with zero attached hydrogens (tertiary/aromatic N) is 1. The lowest BCUT2D eigenvalue weighted by Crippen LogP contribution is -2.30. The fourth-order valence-corrected chi connectivity index (χ4v) is 5.53. The second-order valence-corrected chi connectivity index (χ2v) is 9.81. The molecule has 2 aromatic heterocycles. The van der Waals surface area contributed by atoms with Gasteiger partial charge in [0.05, 0.1) is 0 Å². The largest absolute Gasteiger partial charge is 0.360 e. The summed E-state index contributed by atoms with van der Waals surface area (Å²) in [6.07, 6.45) is 2.01. The molecule has 0 saturated heterocycles. The molecule has 1 amide bonds. The molecule has 9 heteroatoms. The lowest BCUT2D eigenvalue weighted by molar-refractivity contribution is 0.0972. The molecule has 134 valence electrons. The van der Waals surface area contributed by atoms with Crippen LogP contribution in [0.15, 0.2) is 66.4 Å². The van der Waals surface area contributed by atoms with Crippen molar-refractivity contribution in [1.82, 2.24) is 9.88 Å². The summed E-state index contributed by atoms with van der Waals surface area (Å²) in [6.45, 7) is 0. The maximum atomic E-state index is 12.4. The van der Waals surface area contributed by atoms with Crippen LogP contribution in [0.5, 0.6) is 0 Å². The Morgan fingerprint density at radius 1 is 1.19 bits per heavy atom. The number of hydrogen-bond donors (Lipinski definition) is 1. The molecule has 0 radical (unpaired) electrons. The lowest BCUT2D eigenvalue weighted by atomic mass is 10.3. The molecule has 1 aliphatic carbocycles. The molecule has 4 rings (SSSR count). The van der Waals surface area contributed by atoms with E-state index in [1.807, 2.05) is 30.3 Å². The van der Waals surface area contributed by atoms with Gasteiger partial charge in [-0.15, -0.1) is 11.3 Å². The van der Waals surface area contributed by atoms with Crippen molar-refractivity contribution in [3.05, 3.63) is 59.3 Å². The van der Waals surface area contributed by atoms with E-state index < -0.39 is 15.9 Å². The summed E-state index contributed by atoms with van der Waals surface area (Å²) in [5, 5.41) is 5.41. The number of carbonyl (C=O) groups is 1. The lowest BCUT2D eigenvalue weighted by Gasteiger charge is -2.02. The van der Waals surface area contributed by atoms with Gasteiger partial charge in [0.2, 0.25) is 0 Å². The van der Waals surface area contributed by atoms with Crippen molar-refractivity contribution in [3.63, 3.8) is 0 Å². The molecule has 26 heavy (non-hydrogen) atoms. The monoisotopic (exact) mass is 406 g/mol. The minimum absolute atomic E-state index is 0.0223. The van der Waals surface area contributed by atoms with E-state index in [2.05, 4.69) is 9.88 Å². The van der Waals surface area contributed by atoms with E-state index in [-0.39, 0.29) is 9.90 Å². The topological polar surface area (TPSA) is 89.3 Å². The third kappa shape index (κ3) is 3.84. The van der Waals surface area contributed by atoms with Crippen LogP contribution in [0.2, 0.25) is 0 Å². The second-order valence-electron chi connectivity index (χ2n) is 5.84. The zero-order valence-corrected chi connectivity index (χ0v) is 15.9. The molecule has 6 nitrogen and oxygen atoms in total. The highest BCUT2D eigenvalue weighted by molar-refractivity contribution is 7.99. The summed E-state index contributed by atoms with van der Waals surface area (Å²) in [4.78, 5) is 14.0. The highest BCUT2D eigenvalue weighted by atomic mass is 32.2. The van der Waals surface area contributed by atoms with E-state index in [9.17, 15) is 13.2 Å². The number of aromatic nitrogens is 1. The number of hydrogen-bond acceptors (Lipinski definition) is 7. The first-order valence-electron chi connectivity index (χ1n) is 7.86. The fourth-order valence-electron chi connectivity index (χ4n) is 2.30. The first-order chi connectivity index (χ1) is 12.5. The molecular weight excluding hydrogens is 392 g/mol. The molecule has 0 atom stereocenters. The molecule has 1 aromatic carbocycles. The fraction of sp³-hybridized carbons (Fsp3) is 0.176. The highest BCUT2D eigenvalue weighted by Crippen LogP contribution is 2.40. The Morgan fingerprint density at radius 3 is 2.69 bits per heavy atom. The Kier molecular flexibility index (Phi) is 4.60. The summed E-state index contributed by atoms with van der Waals surface area (Å²) < 4.78 is 32.1. The predicted molar refractivity (Wildman–Crippen MR) is 98.0 cm³/mol. The first kappa shape index (κ1) is 17.3. The standard InChI is InChI=1S/C17H14N2O4S3/c20-17(14-9-15(23-18-14)11-6-7-11)19-26(21,22)16-8-13(10-24-16)25-12-4-2-1-3-5-12/h1-5,8-11H,6-7H2,(H,19,20). The Bertz CT molecular complexity index is 1040. The van der Waals surface area contributed by atoms with Gasteiger partial charge in [-0.1, -0.05) is 35.1 Å². The molecule has 1 fully saturated rings. The zero-order valence-electron chi connectivity index (χ0n) is 13.4. The molecule has 0 bridgehead atoms. The number of rotatable bonds is 6. The quantitative estimate of drug-likeness (QED) is 0.668. The van der Waals surface area contributed by atoms with E-state index in [1.54, 1.807) is 11.4 Å². The molecule has 2 heterocycles. The normalized spacial score (nSPS) is 14.3. The van der Waals surface area contributed by atoms with Gasteiger partial charge in [-0.3, -0.25) is 4.79 Å². The average Bonchev–Trinajstić information content (AvgIpc) is 3.15. The molecular formula is C17H14N2O4S3. The molecule has 0 unspecified atom stereocenters. The van der Waals surface area contributed by atoms with E-state index in [0.717, 1.165) is 34.0 Å². The smallest absolute Gasteiger partial charge is 0.287 e. The van der Waals surface area contributed by atoms with Gasteiger partial charge in [0, 0.05) is 27.2 Å². The van der Waals surface area contributed by atoms with Crippen LogP contribution < -0.4 is 4.72 Å². The van der Waals surface area contributed by atoms with Crippen molar-refractivity contribution in [1.29, 1.82) is 0 Å². The van der Waals surface area contributed by atoms with Crippen molar-refractivity contribution >= 4 is 39.0 Å². The number of carbonyl (C=O) groups excluding carboxylic acids is 1. The number of amides is 1. The minimum Gasteiger partial charge on any atom is -0.360 e. The predicted octanol–water partition coefficient (Wildman–Crippen LogP) is 3.88. The molecule has 1 saturated carbocycles.